The van der Waals surface area contributed by atoms with Crippen LogP contribution in [0, 0.1) is 0 Å². The Kier molecular flexibility index (Phi) is 4.96. The highest BCUT2D eigenvalue weighted by Gasteiger charge is 2.29. The van der Waals surface area contributed by atoms with Crippen molar-refractivity contribution in [2.45, 2.75) is 37.8 Å². The first-order valence-electron chi connectivity index (χ1n) is 7.27. The number of carboxylic acid groups (broad SMARTS) is 1. The lowest BCUT2D eigenvalue weighted by atomic mass is 9.99. The summed E-state index contributed by atoms with van der Waals surface area (Å²) in [6, 6.07) is 7.38. The summed E-state index contributed by atoms with van der Waals surface area (Å²) in [7, 11) is 3.89. The molecule has 1 atom stereocenters. The first kappa shape index (κ1) is 15.5. The highest BCUT2D eigenvalue weighted by Crippen LogP contribution is 2.22. The van der Waals surface area contributed by atoms with E-state index >= 15 is 0 Å². The monoisotopic (exact) mass is 290 g/mol. The van der Waals surface area contributed by atoms with Gasteiger partial charge in [-0.05, 0) is 43.5 Å². The van der Waals surface area contributed by atoms with E-state index in [0.29, 0.717) is 18.0 Å². The van der Waals surface area contributed by atoms with Crippen LogP contribution in [0.15, 0.2) is 24.3 Å². The number of rotatable bonds is 8. The largest absolute Gasteiger partial charge is 0.481 e. The van der Waals surface area contributed by atoms with Gasteiger partial charge in [-0.15, -0.1) is 0 Å². The molecule has 114 valence electrons. The second kappa shape index (κ2) is 6.72. The van der Waals surface area contributed by atoms with Gasteiger partial charge >= 0.3 is 5.97 Å². The van der Waals surface area contributed by atoms with Gasteiger partial charge in [0.2, 0.25) is 0 Å². The highest BCUT2D eigenvalue weighted by molar-refractivity contribution is 6.00. The summed E-state index contributed by atoms with van der Waals surface area (Å²) < 4.78 is 0. The molecule has 5 nitrogen and oxygen atoms in total. The number of hydrogen-bond donors (Lipinski definition) is 2. The number of carbonyl (C=O) groups is 2. The van der Waals surface area contributed by atoms with E-state index in [9.17, 15) is 9.59 Å². The highest BCUT2D eigenvalue weighted by atomic mass is 16.4. The van der Waals surface area contributed by atoms with Crippen molar-refractivity contribution in [2.75, 3.05) is 19.0 Å². The van der Waals surface area contributed by atoms with Crippen LogP contribution in [-0.4, -0.2) is 43.0 Å². The molecule has 1 aromatic rings. The number of nitrogens with zero attached hydrogens (tertiary/aromatic N) is 1. The maximum Gasteiger partial charge on any atom is 0.303 e. The Morgan fingerprint density at radius 1 is 1.29 bits per heavy atom. The van der Waals surface area contributed by atoms with E-state index in [0.717, 1.165) is 18.5 Å². The molecule has 2 N–H and O–H groups in total. The third-order valence-corrected chi connectivity index (χ3v) is 3.65. The molecular weight excluding hydrogens is 268 g/mol. The van der Waals surface area contributed by atoms with Crippen LogP contribution in [0.1, 0.15) is 36.0 Å². The van der Waals surface area contributed by atoms with Gasteiger partial charge in [-0.25, -0.2) is 0 Å². The third kappa shape index (κ3) is 4.56. The van der Waals surface area contributed by atoms with E-state index in [-0.39, 0.29) is 12.2 Å². The molecule has 0 heterocycles. The summed E-state index contributed by atoms with van der Waals surface area (Å²) in [5.41, 5.74) is 1.66. The molecule has 5 heteroatoms. The van der Waals surface area contributed by atoms with Crippen molar-refractivity contribution in [3.05, 3.63) is 29.8 Å². The van der Waals surface area contributed by atoms with Gasteiger partial charge in [-0.3, -0.25) is 9.59 Å². The van der Waals surface area contributed by atoms with Gasteiger partial charge < -0.3 is 15.3 Å². The molecule has 1 fully saturated rings. The lowest BCUT2D eigenvalue weighted by Gasteiger charge is -2.18. The molecule has 21 heavy (non-hydrogen) atoms. The smallest absolute Gasteiger partial charge is 0.303 e. The minimum Gasteiger partial charge on any atom is -0.481 e. The van der Waals surface area contributed by atoms with Crippen LogP contribution in [-0.2, 0) is 4.79 Å². The number of ketones is 1. The van der Waals surface area contributed by atoms with Gasteiger partial charge in [0.15, 0.2) is 5.78 Å². The zero-order chi connectivity index (χ0) is 15.4. The van der Waals surface area contributed by atoms with E-state index in [2.05, 4.69) is 5.32 Å². The molecule has 0 saturated heterocycles. The fourth-order valence-electron chi connectivity index (χ4n) is 2.22. The summed E-state index contributed by atoms with van der Waals surface area (Å²) in [4.78, 5) is 25.2. The normalized spacial score (nSPS) is 15.5. The maximum atomic E-state index is 12.5. The predicted molar refractivity (Wildman–Crippen MR) is 81.9 cm³/mol. The number of Topliss-reactive ketones (excluding diaryl/α,β-unsaturated/α-hetero) is 1. The lowest BCUT2D eigenvalue weighted by molar-refractivity contribution is -0.137. The molecular formula is C16H22N2O3. The Labute approximate surface area is 125 Å². The van der Waals surface area contributed by atoms with Gasteiger partial charge in [0, 0.05) is 37.8 Å². The minimum atomic E-state index is -0.867. The van der Waals surface area contributed by atoms with Crippen LogP contribution in [0.2, 0.25) is 0 Å². The van der Waals surface area contributed by atoms with Crippen molar-refractivity contribution in [3.63, 3.8) is 0 Å². The Balaban J connectivity index is 2.06. The standard InChI is InChI=1S/C16H22N2O3/c1-18(2)13-7-3-11(4-8-13)16(21)14(9-10-15(19)20)17-12-5-6-12/h3-4,7-8,12,14,17H,5-6,9-10H2,1-2H3,(H,19,20). The molecule has 0 bridgehead atoms. The van der Waals surface area contributed by atoms with Crippen LogP contribution in [0.4, 0.5) is 5.69 Å². The molecule has 0 amide bonds. The van der Waals surface area contributed by atoms with Gasteiger partial charge in [-0.2, -0.15) is 0 Å². The van der Waals surface area contributed by atoms with E-state index in [1.54, 1.807) is 12.1 Å². The Bertz CT molecular complexity index is 507. The zero-order valence-corrected chi connectivity index (χ0v) is 12.5. The van der Waals surface area contributed by atoms with Crippen molar-refractivity contribution in [1.29, 1.82) is 0 Å². The topological polar surface area (TPSA) is 69.6 Å². The third-order valence-electron chi connectivity index (χ3n) is 3.65. The summed E-state index contributed by atoms with van der Waals surface area (Å²) in [6.45, 7) is 0. The fourth-order valence-corrected chi connectivity index (χ4v) is 2.22. The number of carboxylic acids is 1. The number of hydrogen-bond acceptors (Lipinski definition) is 4. The van der Waals surface area contributed by atoms with Crippen molar-refractivity contribution >= 4 is 17.4 Å². The molecule has 0 radical (unpaired) electrons. The average Bonchev–Trinajstić information content (AvgIpc) is 3.26. The van der Waals surface area contributed by atoms with Crippen LogP contribution >= 0.6 is 0 Å². The second-order valence-corrected chi connectivity index (χ2v) is 5.73. The zero-order valence-electron chi connectivity index (χ0n) is 12.5. The number of nitrogens with one attached hydrogen (secondary N) is 1. The van der Waals surface area contributed by atoms with E-state index in [1.807, 2.05) is 31.1 Å². The fraction of sp³-hybridized carbons (Fsp3) is 0.500. The van der Waals surface area contributed by atoms with Crippen LogP contribution in [0.25, 0.3) is 0 Å². The summed E-state index contributed by atoms with van der Waals surface area (Å²) in [5.74, 6) is -0.887. The van der Waals surface area contributed by atoms with Gasteiger partial charge in [0.25, 0.3) is 0 Å². The second-order valence-electron chi connectivity index (χ2n) is 5.73. The molecule has 1 aliphatic rings. The van der Waals surface area contributed by atoms with Crippen molar-refractivity contribution < 1.29 is 14.7 Å². The van der Waals surface area contributed by atoms with Crippen molar-refractivity contribution in [2.24, 2.45) is 0 Å². The summed E-state index contributed by atoms with van der Waals surface area (Å²) >= 11 is 0. The Morgan fingerprint density at radius 3 is 2.38 bits per heavy atom. The number of aliphatic carboxylic acids is 1. The quantitative estimate of drug-likeness (QED) is 0.716. The summed E-state index contributed by atoms with van der Waals surface area (Å²) in [6.07, 6.45) is 2.47. The van der Waals surface area contributed by atoms with Crippen LogP contribution < -0.4 is 10.2 Å². The van der Waals surface area contributed by atoms with Gasteiger partial charge in [0.1, 0.15) is 0 Å². The van der Waals surface area contributed by atoms with Crippen molar-refractivity contribution in [3.8, 4) is 0 Å². The molecule has 1 unspecified atom stereocenters. The van der Waals surface area contributed by atoms with E-state index < -0.39 is 12.0 Å². The molecule has 1 aliphatic carbocycles. The lowest BCUT2D eigenvalue weighted by Crippen LogP contribution is -2.38. The van der Waals surface area contributed by atoms with Gasteiger partial charge in [-0.1, -0.05) is 0 Å². The SMILES string of the molecule is CN(C)c1ccc(C(=O)C(CCC(=O)O)NC2CC2)cc1. The molecule has 1 saturated carbocycles. The first-order valence-corrected chi connectivity index (χ1v) is 7.27. The molecule has 1 aromatic carbocycles. The van der Waals surface area contributed by atoms with Crippen LogP contribution in [0.3, 0.4) is 0 Å². The Hall–Kier alpha value is -1.88. The molecule has 2 rings (SSSR count). The number of carbonyl (C=O) groups excluding carboxylic acids is 1. The number of anilines is 1. The van der Waals surface area contributed by atoms with E-state index in [1.165, 1.54) is 0 Å². The molecule has 0 aliphatic heterocycles. The number of benzene rings is 1. The Morgan fingerprint density at radius 2 is 1.90 bits per heavy atom. The van der Waals surface area contributed by atoms with Gasteiger partial charge in [0.05, 0.1) is 6.04 Å². The first-order chi connectivity index (χ1) is 9.97. The van der Waals surface area contributed by atoms with E-state index in [4.69, 9.17) is 5.11 Å². The predicted octanol–water partition coefficient (Wildman–Crippen LogP) is 1.92. The van der Waals surface area contributed by atoms with Crippen LogP contribution in [0.5, 0.6) is 0 Å². The maximum absolute atomic E-state index is 12.5. The molecule has 0 spiro atoms. The minimum absolute atomic E-state index is 0.00586. The summed E-state index contributed by atoms with van der Waals surface area (Å²) in [5, 5.41) is 12.1. The van der Waals surface area contributed by atoms with Crippen molar-refractivity contribution in [1.82, 2.24) is 5.32 Å². The molecule has 0 aromatic heterocycles. The average molecular weight is 290 g/mol.